The molecule has 0 heterocycles. The van der Waals surface area contributed by atoms with E-state index in [1.165, 1.54) is 19.1 Å². The van der Waals surface area contributed by atoms with Gasteiger partial charge in [-0.25, -0.2) is 13.1 Å². The number of benzene rings is 1. The van der Waals surface area contributed by atoms with Crippen molar-refractivity contribution in [1.82, 2.24) is 4.72 Å². The van der Waals surface area contributed by atoms with E-state index in [4.69, 9.17) is 5.11 Å². The number of aryl methyl sites for hydroxylation is 1. The summed E-state index contributed by atoms with van der Waals surface area (Å²) < 4.78 is 26.1. The van der Waals surface area contributed by atoms with Crippen LogP contribution in [0.2, 0.25) is 0 Å². The molecule has 1 aromatic carbocycles. The molecule has 0 amide bonds. The molecule has 0 bridgehead atoms. The van der Waals surface area contributed by atoms with Crippen molar-refractivity contribution in [2.45, 2.75) is 31.2 Å². The molecule has 0 aliphatic rings. The minimum Gasteiger partial charge on any atom is -0.481 e. The summed E-state index contributed by atoms with van der Waals surface area (Å²) in [6.45, 7) is 3.31. The van der Waals surface area contributed by atoms with Crippen LogP contribution >= 0.6 is 0 Å². The highest BCUT2D eigenvalue weighted by Gasteiger charge is 2.18. The molecule has 0 aliphatic carbocycles. The van der Waals surface area contributed by atoms with E-state index in [0.29, 0.717) is 0 Å². The highest BCUT2D eigenvalue weighted by atomic mass is 32.2. The predicted octanol–water partition coefficient (Wildman–Crippen LogP) is 1.14. The molecule has 0 saturated heterocycles. The fourth-order valence-electron chi connectivity index (χ4n) is 1.42. The summed E-state index contributed by atoms with van der Waals surface area (Å²) in [5.41, 5.74) is 0.832. The average molecular weight is 257 g/mol. The first-order valence-electron chi connectivity index (χ1n) is 5.12. The number of carbonyl (C=O) groups is 1. The molecule has 0 saturated carbocycles. The molecule has 0 spiro atoms. The van der Waals surface area contributed by atoms with Gasteiger partial charge in [0.25, 0.3) is 0 Å². The maximum atomic E-state index is 11.9. The van der Waals surface area contributed by atoms with Gasteiger partial charge in [-0.15, -0.1) is 0 Å². The van der Waals surface area contributed by atoms with Gasteiger partial charge in [-0.05, 0) is 31.5 Å². The second-order valence-electron chi connectivity index (χ2n) is 3.94. The highest BCUT2D eigenvalue weighted by Crippen LogP contribution is 2.11. The zero-order valence-corrected chi connectivity index (χ0v) is 10.5. The Bertz CT molecular complexity index is 510. The van der Waals surface area contributed by atoms with Crippen LogP contribution in [0.15, 0.2) is 29.2 Å². The maximum absolute atomic E-state index is 11.9. The van der Waals surface area contributed by atoms with Gasteiger partial charge in [-0.3, -0.25) is 4.79 Å². The summed E-state index contributed by atoms with van der Waals surface area (Å²) in [4.78, 5) is 10.6. The van der Waals surface area contributed by atoms with Crippen molar-refractivity contribution in [1.29, 1.82) is 0 Å². The Morgan fingerprint density at radius 2 is 2.12 bits per heavy atom. The van der Waals surface area contributed by atoms with Crippen LogP contribution < -0.4 is 4.72 Å². The van der Waals surface area contributed by atoms with Crippen LogP contribution in [0.4, 0.5) is 0 Å². The van der Waals surface area contributed by atoms with E-state index in [-0.39, 0.29) is 11.3 Å². The molecule has 17 heavy (non-hydrogen) atoms. The Morgan fingerprint density at radius 1 is 1.47 bits per heavy atom. The summed E-state index contributed by atoms with van der Waals surface area (Å²) in [7, 11) is -3.64. The van der Waals surface area contributed by atoms with E-state index >= 15 is 0 Å². The van der Waals surface area contributed by atoms with Gasteiger partial charge in [-0.1, -0.05) is 12.1 Å². The molecule has 0 unspecified atom stereocenters. The minimum atomic E-state index is -3.64. The number of carboxylic acids is 1. The Morgan fingerprint density at radius 3 is 2.65 bits per heavy atom. The largest absolute Gasteiger partial charge is 0.481 e. The zero-order valence-electron chi connectivity index (χ0n) is 9.67. The molecule has 94 valence electrons. The Kier molecular flexibility index (Phi) is 4.25. The monoisotopic (exact) mass is 257 g/mol. The van der Waals surface area contributed by atoms with Crippen LogP contribution in [-0.2, 0) is 14.8 Å². The van der Waals surface area contributed by atoms with Gasteiger partial charge in [0.1, 0.15) is 0 Å². The first-order valence-corrected chi connectivity index (χ1v) is 6.60. The smallest absolute Gasteiger partial charge is 0.304 e. The van der Waals surface area contributed by atoms with Crippen LogP contribution in [0.5, 0.6) is 0 Å². The summed E-state index contributed by atoms with van der Waals surface area (Å²) in [5, 5.41) is 8.56. The molecule has 0 fully saturated rings. The number of sulfonamides is 1. The van der Waals surface area contributed by atoms with Gasteiger partial charge in [-0.2, -0.15) is 0 Å². The predicted molar refractivity (Wildman–Crippen MR) is 63.2 cm³/mol. The van der Waals surface area contributed by atoms with Crippen molar-refractivity contribution >= 4 is 16.0 Å². The highest BCUT2D eigenvalue weighted by molar-refractivity contribution is 7.89. The molecule has 0 radical (unpaired) electrons. The Hall–Kier alpha value is -1.40. The summed E-state index contributed by atoms with van der Waals surface area (Å²) in [5.74, 6) is -1.04. The summed E-state index contributed by atoms with van der Waals surface area (Å²) >= 11 is 0. The van der Waals surface area contributed by atoms with Gasteiger partial charge in [0, 0.05) is 6.04 Å². The van der Waals surface area contributed by atoms with Gasteiger partial charge >= 0.3 is 5.97 Å². The van der Waals surface area contributed by atoms with E-state index in [1.54, 1.807) is 19.1 Å². The maximum Gasteiger partial charge on any atom is 0.304 e. The molecule has 6 heteroatoms. The van der Waals surface area contributed by atoms with Crippen LogP contribution in [0.25, 0.3) is 0 Å². The molecule has 0 aromatic heterocycles. The quantitative estimate of drug-likeness (QED) is 0.828. The minimum absolute atomic E-state index is 0.148. The van der Waals surface area contributed by atoms with Gasteiger partial charge in [0.2, 0.25) is 10.0 Å². The van der Waals surface area contributed by atoms with Gasteiger partial charge < -0.3 is 5.11 Å². The number of hydrogen-bond acceptors (Lipinski definition) is 3. The van der Waals surface area contributed by atoms with E-state index in [0.717, 1.165) is 5.56 Å². The van der Waals surface area contributed by atoms with Crippen LogP contribution in [0.1, 0.15) is 18.9 Å². The SMILES string of the molecule is Cc1cccc(S(=O)(=O)N[C@@H](C)CC(=O)O)c1. The lowest BCUT2D eigenvalue weighted by molar-refractivity contribution is -0.137. The third-order valence-electron chi connectivity index (χ3n) is 2.14. The van der Waals surface area contributed by atoms with Gasteiger partial charge in [0.15, 0.2) is 0 Å². The lowest BCUT2D eigenvalue weighted by Gasteiger charge is -2.12. The van der Waals surface area contributed by atoms with Crippen LogP contribution in [0, 0.1) is 6.92 Å². The number of rotatable bonds is 5. The Labute approximate surface area is 101 Å². The first-order chi connectivity index (χ1) is 7.81. The van der Waals surface area contributed by atoms with Crippen molar-refractivity contribution < 1.29 is 18.3 Å². The molecule has 0 aliphatic heterocycles. The van der Waals surface area contributed by atoms with E-state index in [9.17, 15) is 13.2 Å². The standard InChI is InChI=1S/C11H15NO4S/c1-8-4-3-5-10(6-8)17(15,16)12-9(2)7-11(13)14/h3-6,9,12H,7H2,1-2H3,(H,13,14)/t9-/m0/s1. The molecule has 1 aromatic rings. The number of nitrogens with one attached hydrogen (secondary N) is 1. The molecule has 5 nitrogen and oxygen atoms in total. The van der Waals surface area contributed by atoms with Crippen molar-refractivity contribution in [2.75, 3.05) is 0 Å². The average Bonchev–Trinajstić information content (AvgIpc) is 2.15. The topological polar surface area (TPSA) is 83.5 Å². The third-order valence-corrected chi connectivity index (χ3v) is 3.72. The van der Waals surface area contributed by atoms with Crippen molar-refractivity contribution in [3.63, 3.8) is 0 Å². The molecule has 1 atom stereocenters. The normalized spacial score (nSPS) is 13.3. The summed E-state index contributed by atoms with van der Waals surface area (Å²) in [6, 6.07) is 5.81. The van der Waals surface area contributed by atoms with E-state index in [2.05, 4.69) is 4.72 Å². The second-order valence-corrected chi connectivity index (χ2v) is 5.65. The van der Waals surface area contributed by atoms with Gasteiger partial charge in [0.05, 0.1) is 11.3 Å². The lowest BCUT2D eigenvalue weighted by Crippen LogP contribution is -2.34. The second kappa shape index (κ2) is 5.29. The fourth-order valence-corrected chi connectivity index (χ4v) is 2.77. The van der Waals surface area contributed by atoms with Crippen molar-refractivity contribution in [3.8, 4) is 0 Å². The van der Waals surface area contributed by atoms with Crippen LogP contribution in [0.3, 0.4) is 0 Å². The van der Waals surface area contributed by atoms with E-state index < -0.39 is 22.0 Å². The van der Waals surface area contributed by atoms with Crippen molar-refractivity contribution in [2.24, 2.45) is 0 Å². The molecule has 2 N–H and O–H groups in total. The first kappa shape index (κ1) is 13.7. The number of hydrogen-bond donors (Lipinski definition) is 2. The Balaban J connectivity index is 2.86. The summed E-state index contributed by atoms with van der Waals surface area (Å²) in [6.07, 6.45) is -0.245. The molecular formula is C11H15NO4S. The lowest BCUT2D eigenvalue weighted by atomic mass is 10.2. The zero-order chi connectivity index (χ0) is 13.1. The van der Waals surface area contributed by atoms with Crippen molar-refractivity contribution in [3.05, 3.63) is 29.8 Å². The fraction of sp³-hybridized carbons (Fsp3) is 0.364. The number of carboxylic acid groups (broad SMARTS) is 1. The third kappa shape index (κ3) is 4.16. The number of aliphatic carboxylic acids is 1. The van der Waals surface area contributed by atoms with Crippen LogP contribution in [-0.4, -0.2) is 25.5 Å². The van der Waals surface area contributed by atoms with E-state index in [1.807, 2.05) is 0 Å². The molecule has 1 rings (SSSR count). The molecular weight excluding hydrogens is 242 g/mol.